The monoisotopic (exact) mass is 408 g/mol. The van der Waals surface area contributed by atoms with E-state index in [9.17, 15) is 9.59 Å². The maximum absolute atomic E-state index is 13.5. The molecule has 0 aromatic heterocycles. The summed E-state index contributed by atoms with van der Waals surface area (Å²) < 4.78 is 10.9. The van der Waals surface area contributed by atoms with Crippen LogP contribution >= 0.6 is 0 Å². The van der Waals surface area contributed by atoms with Gasteiger partial charge in [0.1, 0.15) is 0 Å². The number of amides is 2. The molecule has 1 fully saturated rings. The molecule has 2 aliphatic rings. The van der Waals surface area contributed by atoms with Gasteiger partial charge in [0.2, 0.25) is 18.6 Å². The molecule has 0 radical (unpaired) electrons. The lowest BCUT2D eigenvalue weighted by atomic mass is 10.0. The van der Waals surface area contributed by atoms with Gasteiger partial charge in [-0.05, 0) is 36.1 Å². The Hall–Kier alpha value is -3.02. The largest absolute Gasteiger partial charge is 0.454 e. The third-order valence-corrected chi connectivity index (χ3v) is 5.83. The summed E-state index contributed by atoms with van der Waals surface area (Å²) in [7, 11) is 0. The lowest BCUT2D eigenvalue weighted by molar-refractivity contribution is -0.135. The van der Waals surface area contributed by atoms with E-state index < -0.39 is 0 Å². The van der Waals surface area contributed by atoms with Crippen LogP contribution in [0.1, 0.15) is 56.2 Å². The molecule has 1 N–H and O–H groups in total. The number of carbonyl (C=O) groups excluding carboxylic acids is 2. The smallest absolute Gasteiger partial charge is 0.231 e. The van der Waals surface area contributed by atoms with Gasteiger partial charge >= 0.3 is 0 Å². The second kappa shape index (κ2) is 9.20. The summed E-state index contributed by atoms with van der Waals surface area (Å²) in [6, 6.07) is 15.4. The molecule has 2 aromatic rings. The van der Waals surface area contributed by atoms with Crippen LogP contribution in [0, 0.1) is 0 Å². The van der Waals surface area contributed by atoms with Crippen molar-refractivity contribution in [2.75, 3.05) is 6.79 Å². The highest BCUT2D eigenvalue weighted by atomic mass is 16.7. The minimum Gasteiger partial charge on any atom is -0.454 e. The Bertz CT molecular complexity index is 893. The summed E-state index contributed by atoms with van der Waals surface area (Å²) >= 11 is 0. The van der Waals surface area contributed by atoms with Gasteiger partial charge in [-0.2, -0.15) is 0 Å². The van der Waals surface area contributed by atoms with E-state index in [-0.39, 0.29) is 37.1 Å². The van der Waals surface area contributed by atoms with Crippen LogP contribution in [-0.2, 0) is 16.1 Å². The van der Waals surface area contributed by atoms with E-state index in [1.54, 1.807) is 0 Å². The van der Waals surface area contributed by atoms with Crippen molar-refractivity contribution >= 4 is 11.8 Å². The average molecular weight is 408 g/mol. The van der Waals surface area contributed by atoms with Crippen LogP contribution in [0.15, 0.2) is 48.5 Å². The number of nitrogens with zero attached hydrogens (tertiary/aromatic N) is 1. The maximum atomic E-state index is 13.5. The molecular weight excluding hydrogens is 380 g/mol. The van der Waals surface area contributed by atoms with Crippen molar-refractivity contribution in [3.05, 3.63) is 59.7 Å². The molecule has 30 heavy (non-hydrogen) atoms. The van der Waals surface area contributed by atoms with Crippen molar-refractivity contribution in [1.82, 2.24) is 10.2 Å². The molecule has 0 unspecified atom stereocenters. The fourth-order valence-corrected chi connectivity index (χ4v) is 4.35. The third-order valence-electron chi connectivity index (χ3n) is 5.83. The van der Waals surface area contributed by atoms with Gasteiger partial charge in [-0.1, -0.05) is 49.2 Å². The minimum absolute atomic E-state index is 0.0576. The average Bonchev–Trinajstić information content (AvgIpc) is 3.43. The zero-order valence-electron chi connectivity index (χ0n) is 17.3. The molecule has 0 saturated heterocycles. The molecule has 4 rings (SSSR count). The Labute approximate surface area is 177 Å². The predicted octanol–water partition coefficient (Wildman–Crippen LogP) is 3.95. The Morgan fingerprint density at radius 3 is 2.53 bits per heavy atom. The number of nitrogens with one attached hydrogen (secondary N) is 1. The van der Waals surface area contributed by atoms with E-state index in [4.69, 9.17) is 9.47 Å². The molecule has 1 aliphatic heterocycles. The quantitative estimate of drug-likeness (QED) is 0.753. The van der Waals surface area contributed by atoms with Gasteiger partial charge in [-0.15, -0.1) is 0 Å². The first-order chi connectivity index (χ1) is 14.6. The molecule has 6 heteroatoms. The van der Waals surface area contributed by atoms with E-state index in [1.165, 1.54) is 6.92 Å². The van der Waals surface area contributed by atoms with Crippen molar-refractivity contribution in [2.24, 2.45) is 0 Å². The van der Waals surface area contributed by atoms with Gasteiger partial charge in [0.15, 0.2) is 11.5 Å². The van der Waals surface area contributed by atoms with Crippen molar-refractivity contribution in [1.29, 1.82) is 0 Å². The van der Waals surface area contributed by atoms with Crippen LogP contribution in [0.25, 0.3) is 0 Å². The number of rotatable bonds is 7. The lowest BCUT2D eigenvalue weighted by Crippen LogP contribution is -2.40. The summed E-state index contributed by atoms with van der Waals surface area (Å²) in [6.07, 6.45) is 4.57. The molecule has 1 atom stereocenters. The molecule has 1 aliphatic carbocycles. The highest BCUT2D eigenvalue weighted by molar-refractivity contribution is 5.79. The molecular formula is C24H28N2O4. The Balaban J connectivity index is 1.53. The fourth-order valence-electron chi connectivity index (χ4n) is 4.35. The van der Waals surface area contributed by atoms with E-state index >= 15 is 0 Å². The van der Waals surface area contributed by atoms with Crippen molar-refractivity contribution in [3.8, 4) is 11.5 Å². The zero-order chi connectivity index (χ0) is 20.9. The number of benzene rings is 2. The molecule has 2 amide bonds. The summed E-state index contributed by atoms with van der Waals surface area (Å²) in [5.74, 6) is 1.39. The Morgan fingerprint density at radius 1 is 1.07 bits per heavy atom. The van der Waals surface area contributed by atoms with E-state index in [2.05, 4.69) is 5.32 Å². The van der Waals surface area contributed by atoms with E-state index in [0.717, 1.165) is 48.3 Å². The van der Waals surface area contributed by atoms with Gasteiger partial charge in [-0.3, -0.25) is 9.59 Å². The summed E-state index contributed by atoms with van der Waals surface area (Å²) in [5.41, 5.74) is 1.96. The molecule has 1 heterocycles. The van der Waals surface area contributed by atoms with Gasteiger partial charge in [0.05, 0.1) is 12.5 Å². The third kappa shape index (κ3) is 4.75. The number of carbonyl (C=O) groups is 2. The van der Waals surface area contributed by atoms with E-state index in [0.29, 0.717) is 6.54 Å². The second-order valence-electron chi connectivity index (χ2n) is 8.02. The SMILES string of the molecule is CC(=O)N[C@H](CC(=O)N(Cc1ccc2c(c1)OCO2)C1CCCC1)c1ccccc1. The number of fused-ring (bicyclic) bond motifs is 1. The normalized spacial score (nSPS) is 16.3. The van der Waals surface area contributed by atoms with Crippen LogP contribution in [0.2, 0.25) is 0 Å². The van der Waals surface area contributed by atoms with E-state index in [1.807, 2.05) is 53.4 Å². The van der Waals surface area contributed by atoms with Crippen LogP contribution in [0.4, 0.5) is 0 Å². The molecule has 2 aromatic carbocycles. The highest BCUT2D eigenvalue weighted by Gasteiger charge is 2.29. The van der Waals surface area contributed by atoms with Crippen LogP contribution in [0.3, 0.4) is 0 Å². The first-order valence-electron chi connectivity index (χ1n) is 10.6. The Morgan fingerprint density at radius 2 is 1.80 bits per heavy atom. The zero-order valence-corrected chi connectivity index (χ0v) is 17.3. The first-order valence-corrected chi connectivity index (χ1v) is 10.6. The number of hydrogen-bond acceptors (Lipinski definition) is 4. The number of hydrogen-bond donors (Lipinski definition) is 1. The standard InChI is InChI=1S/C24H28N2O4/c1-17(27)25-21(19-7-3-2-4-8-19)14-24(28)26(20-9-5-6-10-20)15-18-11-12-22-23(13-18)30-16-29-22/h2-4,7-8,11-13,20-21H,5-6,9-10,14-16H2,1H3,(H,25,27)/t21-/m1/s1. The summed E-state index contributed by atoms with van der Waals surface area (Å²) in [5, 5.41) is 2.95. The van der Waals surface area contributed by atoms with Crippen LogP contribution in [0.5, 0.6) is 11.5 Å². The molecule has 0 spiro atoms. The van der Waals surface area contributed by atoms with Gasteiger partial charge < -0.3 is 19.7 Å². The first kappa shape index (κ1) is 20.3. The highest BCUT2D eigenvalue weighted by Crippen LogP contribution is 2.34. The molecule has 158 valence electrons. The van der Waals surface area contributed by atoms with Gasteiger partial charge in [-0.25, -0.2) is 0 Å². The van der Waals surface area contributed by atoms with Gasteiger partial charge in [0.25, 0.3) is 0 Å². The molecule has 6 nitrogen and oxygen atoms in total. The molecule has 1 saturated carbocycles. The lowest BCUT2D eigenvalue weighted by Gasteiger charge is -2.31. The minimum atomic E-state index is -0.336. The van der Waals surface area contributed by atoms with Crippen molar-refractivity contribution in [2.45, 2.75) is 57.7 Å². The summed E-state index contributed by atoms with van der Waals surface area (Å²) in [6.45, 7) is 2.25. The fraction of sp³-hybridized carbons (Fsp3) is 0.417. The van der Waals surface area contributed by atoms with Gasteiger partial charge in [0, 0.05) is 19.5 Å². The Kier molecular flexibility index (Phi) is 6.21. The van der Waals surface area contributed by atoms with Crippen LogP contribution in [-0.4, -0.2) is 29.5 Å². The van der Waals surface area contributed by atoms with Crippen molar-refractivity contribution < 1.29 is 19.1 Å². The van der Waals surface area contributed by atoms with Crippen LogP contribution < -0.4 is 14.8 Å². The maximum Gasteiger partial charge on any atom is 0.231 e. The summed E-state index contributed by atoms with van der Waals surface area (Å²) in [4.78, 5) is 27.2. The second-order valence-corrected chi connectivity index (χ2v) is 8.02. The number of ether oxygens (including phenoxy) is 2. The van der Waals surface area contributed by atoms with Crippen molar-refractivity contribution in [3.63, 3.8) is 0 Å². The molecule has 0 bridgehead atoms. The topological polar surface area (TPSA) is 67.9 Å². The predicted molar refractivity (Wildman–Crippen MR) is 113 cm³/mol.